The lowest BCUT2D eigenvalue weighted by Crippen LogP contribution is -2.27. The molecular weight excluding hydrogens is 320 g/mol. The van der Waals surface area contributed by atoms with E-state index in [1.807, 2.05) is 6.07 Å². The molecule has 0 aliphatic rings. The third-order valence-corrected chi connectivity index (χ3v) is 3.59. The number of rotatable bonds is 4. The number of nitrogens with one attached hydrogen (secondary N) is 2. The van der Waals surface area contributed by atoms with Crippen LogP contribution in [0.5, 0.6) is 0 Å². The molecule has 0 aliphatic carbocycles. The van der Waals surface area contributed by atoms with E-state index in [1.165, 1.54) is 13.0 Å². The number of para-hydroxylation sites is 1. The lowest BCUT2D eigenvalue weighted by molar-refractivity contribution is -0.114. The number of fused-ring (bicyclic) bond motifs is 1. The van der Waals surface area contributed by atoms with Gasteiger partial charge in [0.1, 0.15) is 11.1 Å². The number of anilines is 1. The van der Waals surface area contributed by atoms with Gasteiger partial charge in [0.25, 0.3) is 5.91 Å². The fourth-order valence-corrected chi connectivity index (χ4v) is 2.46. The molecule has 2 aromatic carbocycles. The Morgan fingerprint density at radius 3 is 2.64 bits per heavy atom. The van der Waals surface area contributed by atoms with E-state index in [9.17, 15) is 14.4 Å². The number of carbonyl (C=O) groups is 2. The summed E-state index contributed by atoms with van der Waals surface area (Å²) in [5.74, 6) is -0.681. The van der Waals surface area contributed by atoms with Crippen LogP contribution in [-0.2, 0) is 11.3 Å². The molecule has 6 heteroatoms. The van der Waals surface area contributed by atoms with Gasteiger partial charge in [0.2, 0.25) is 5.91 Å². The van der Waals surface area contributed by atoms with Gasteiger partial charge in [0.15, 0.2) is 0 Å². The quantitative estimate of drug-likeness (QED) is 0.717. The van der Waals surface area contributed by atoms with E-state index in [2.05, 4.69) is 10.6 Å². The normalized spacial score (nSPS) is 10.4. The molecule has 0 saturated heterocycles. The molecule has 1 aromatic heterocycles. The highest BCUT2D eigenvalue weighted by Crippen LogP contribution is 2.13. The Bertz CT molecular complexity index is 1010. The van der Waals surface area contributed by atoms with Crippen LogP contribution in [0.1, 0.15) is 22.8 Å². The lowest BCUT2D eigenvalue weighted by Gasteiger charge is -2.08. The standard InChI is InChI=1S/C19H16N2O4/c1-12(22)21-15-7-4-5-13(9-15)11-20-18(23)16-10-14-6-2-3-8-17(14)25-19(16)24/h2-10H,11H2,1H3,(H,20,23)(H,21,22). The maximum Gasteiger partial charge on any atom is 0.349 e. The van der Waals surface area contributed by atoms with Crippen molar-refractivity contribution in [1.29, 1.82) is 0 Å². The van der Waals surface area contributed by atoms with E-state index in [0.717, 1.165) is 5.56 Å². The predicted octanol–water partition coefficient (Wildman–Crippen LogP) is 2.68. The van der Waals surface area contributed by atoms with Gasteiger partial charge in [0.05, 0.1) is 0 Å². The Hall–Kier alpha value is -3.41. The van der Waals surface area contributed by atoms with E-state index in [0.29, 0.717) is 16.7 Å². The second-order valence-corrected chi connectivity index (χ2v) is 5.55. The molecule has 126 valence electrons. The van der Waals surface area contributed by atoms with E-state index >= 15 is 0 Å². The monoisotopic (exact) mass is 336 g/mol. The maximum absolute atomic E-state index is 12.3. The molecule has 0 saturated carbocycles. The van der Waals surface area contributed by atoms with Gasteiger partial charge in [0, 0.05) is 24.5 Å². The number of benzene rings is 2. The minimum absolute atomic E-state index is 0.0447. The third kappa shape index (κ3) is 3.92. The van der Waals surface area contributed by atoms with Crippen LogP contribution < -0.4 is 16.3 Å². The van der Waals surface area contributed by atoms with Gasteiger partial charge in [-0.2, -0.15) is 0 Å². The van der Waals surface area contributed by atoms with Crippen LogP contribution in [-0.4, -0.2) is 11.8 Å². The topological polar surface area (TPSA) is 88.4 Å². The van der Waals surface area contributed by atoms with Crippen LogP contribution in [0.3, 0.4) is 0 Å². The molecule has 0 bridgehead atoms. The van der Waals surface area contributed by atoms with Crippen molar-refractivity contribution in [2.24, 2.45) is 0 Å². The SMILES string of the molecule is CC(=O)Nc1cccc(CNC(=O)c2cc3ccccc3oc2=O)c1. The van der Waals surface area contributed by atoms with Crippen LogP contribution in [0, 0.1) is 0 Å². The first-order valence-electron chi connectivity index (χ1n) is 7.70. The first-order valence-corrected chi connectivity index (χ1v) is 7.70. The average Bonchev–Trinajstić information content (AvgIpc) is 2.59. The van der Waals surface area contributed by atoms with Crippen molar-refractivity contribution in [2.75, 3.05) is 5.32 Å². The minimum atomic E-state index is -0.678. The highest BCUT2D eigenvalue weighted by molar-refractivity contribution is 5.96. The molecule has 0 aliphatic heterocycles. The van der Waals surface area contributed by atoms with E-state index in [1.54, 1.807) is 42.5 Å². The number of hydrogen-bond acceptors (Lipinski definition) is 4. The largest absolute Gasteiger partial charge is 0.422 e. The molecule has 1 heterocycles. The van der Waals surface area contributed by atoms with Crippen LogP contribution in [0.15, 0.2) is 63.8 Å². The molecule has 0 spiro atoms. The van der Waals surface area contributed by atoms with Crippen molar-refractivity contribution < 1.29 is 14.0 Å². The van der Waals surface area contributed by atoms with Crippen LogP contribution >= 0.6 is 0 Å². The summed E-state index contributed by atoms with van der Waals surface area (Å²) in [6.45, 7) is 1.64. The van der Waals surface area contributed by atoms with Gasteiger partial charge in [-0.15, -0.1) is 0 Å². The first kappa shape index (κ1) is 16.4. The Morgan fingerprint density at radius 1 is 1.04 bits per heavy atom. The number of amides is 2. The maximum atomic E-state index is 12.3. The van der Waals surface area contributed by atoms with E-state index < -0.39 is 11.5 Å². The van der Waals surface area contributed by atoms with Gasteiger partial charge in [-0.25, -0.2) is 4.79 Å². The zero-order valence-corrected chi connectivity index (χ0v) is 13.5. The summed E-state index contributed by atoms with van der Waals surface area (Å²) in [4.78, 5) is 35.4. The summed E-state index contributed by atoms with van der Waals surface area (Å²) in [5, 5.41) is 6.05. The summed E-state index contributed by atoms with van der Waals surface area (Å²) >= 11 is 0. The van der Waals surface area contributed by atoms with Gasteiger partial charge < -0.3 is 15.1 Å². The molecule has 0 fully saturated rings. The Balaban J connectivity index is 1.76. The van der Waals surface area contributed by atoms with E-state index in [4.69, 9.17) is 4.42 Å². The summed E-state index contributed by atoms with van der Waals surface area (Å²) in [5.41, 5.74) is 1.15. The minimum Gasteiger partial charge on any atom is -0.422 e. The Kier molecular flexibility index (Phi) is 4.61. The molecule has 25 heavy (non-hydrogen) atoms. The highest BCUT2D eigenvalue weighted by atomic mass is 16.4. The molecule has 3 aromatic rings. The second-order valence-electron chi connectivity index (χ2n) is 5.55. The van der Waals surface area contributed by atoms with Crippen molar-refractivity contribution in [1.82, 2.24) is 5.32 Å². The smallest absolute Gasteiger partial charge is 0.349 e. The van der Waals surface area contributed by atoms with Crippen molar-refractivity contribution in [2.45, 2.75) is 13.5 Å². The Morgan fingerprint density at radius 2 is 1.84 bits per heavy atom. The fourth-order valence-electron chi connectivity index (χ4n) is 2.46. The summed E-state index contributed by atoms with van der Waals surface area (Å²) in [6, 6.07) is 15.6. The van der Waals surface area contributed by atoms with Crippen LogP contribution in [0.25, 0.3) is 11.0 Å². The van der Waals surface area contributed by atoms with Gasteiger partial charge >= 0.3 is 5.63 Å². The Labute approximate surface area is 143 Å². The third-order valence-electron chi connectivity index (χ3n) is 3.59. The zero-order valence-electron chi connectivity index (χ0n) is 13.5. The fraction of sp³-hybridized carbons (Fsp3) is 0.105. The van der Waals surface area contributed by atoms with Crippen molar-refractivity contribution >= 4 is 28.5 Å². The van der Waals surface area contributed by atoms with Crippen molar-refractivity contribution in [3.8, 4) is 0 Å². The average molecular weight is 336 g/mol. The molecule has 6 nitrogen and oxygen atoms in total. The van der Waals surface area contributed by atoms with Gasteiger partial charge in [-0.3, -0.25) is 9.59 Å². The first-order chi connectivity index (χ1) is 12.0. The zero-order chi connectivity index (χ0) is 17.8. The molecule has 2 amide bonds. The van der Waals surface area contributed by atoms with Crippen molar-refractivity contribution in [3.05, 3.63) is 76.1 Å². The molecule has 2 N–H and O–H groups in total. The lowest BCUT2D eigenvalue weighted by atomic mass is 10.1. The second kappa shape index (κ2) is 7.00. The summed E-state index contributed by atoms with van der Waals surface area (Å²) in [6.07, 6.45) is 0. The van der Waals surface area contributed by atoms with Crippen LogP contribution in [0.4, 0.5) is 5.69 Å². The highest BCUT2D eigenvalue weighted by Gasteiger charge is 2.13. The van der Waals surface area contributed by atoms with E-state index in [-0.39, 0.29) is 18.0 Å². The summed E-state index contributed by atoms with van der Waals surface area (Å²) in [7, 11) is 0. The molecule has 3 rings (SSSR count). The summed E-state index contributed by atoms with van der Waals surface area (Å²) < 4.78 is 5.16. The molecular formula is C19H16N2O4. The molecule has 0 atom stereocenters. The number of hydrogen-bond donors (Lipinski definition) is 2. The predicted molar refractivity (Wildman–Crippen MR) is 94.4 cm³/mol. The van der Waals surface area contributed by atoms with Crippen molar-refractivity contribution in [3.63, 3.8) is 0 Å². The molecule has 0 radical (unpaired) electrons. The van der Waals surface area contributed by atoms with Crippen LogP contribution in [0.2, 0.25) is 0 Å². The number of carbonyl (C=O) groups excluding carboxylic acids is 2. The van der Waals surface area contributed by atoms with Gasteiger partial charge in [-0.1, -0.05) is 30.3 Å². The van der Waals surface area contributed by atoms with Gasteiger partial charge in [-0.05, 0) is 29.8 Å². The molecule has 0 unspecified atom stereocenters.